The molecule has 32 heavy (non-hydrogen) atoms. The van der Waals surface area contributed by atoms with Crippen LogP contribution in [0.2, 0.25) is 0 Å². The summed E-state index contributed by atoms with van der Waals surface area (Å²) in [5.41, 5.74) is 6.35. The van der Waals surface area contributed by atoms with Gasteiger partial charge in [-0.1, -0.05) is 0 Å². The number of nitrogens with one attached hydrogen (secondary N) is 1. The Bertz CT molecular complexity index is 1130. The minimum Gasteiger partial charge on any atom is -0.365 e. The van der Waals surface area contributed by atoms with Crippen molar-refractivity contribution in [1.29, 1.82) is 5.26 Å². The molecule has 3 aromatic rings. The number of likely N-dealkylation sites (tertiary alicyclic amines) is 1. The van der Waals surface area contributed by atoms with E-state index in [0.29, 0.717) is 25.2 Å². The van der Waals surface area contributed by atoms with Crippen LogP contribution in [0, 0.1) is 23.1 Å². The second kappa shape index (κ2) is 9.20. The number of imidazole rings is 1. The first-order valence-corrected chi connectivity index (χ1v) is 10.5. The molecule has 0 spiro atoms. The molecule has 166 valence electrons. The molecule has 0 unspecified atom stereocenters. The van der Waals surface area contributed by atoms with Crippen molar-refractivity contribution in [3.05, 3.63) is 60.1 Å². The first-order chi connectivity index (χ1) is 15.5. The minimum atomic E-state index is -0.627. The molecule has 1 fully saturated rings. The van der Waals surface area contributed by atoms with Crippen molar-refractivity contribution in [2.75, 3.05) is 18.4 Å². The van der Waals surface area contributed by atoms with Gasteiger partial charge in [0, 0.05) is 43.9 Å². The van der Waals surface area contributed by atoms with Crippen molar-refractivity contribution >= 4 is 17.4 Å². The number of hydrogen-bond donors (Lipinski definition) is 2. The largest absolute Gasteiger partial charge is 0.365 e. The number of halogens is 1. The van der Waals surface area contributed by atoms with E-state index in [9.17, 15) is 14.4 Å². The van der Waals surface area contributed by atoms with Gasteiger partial charge in [0.05, 0.1) is 24.6 Å². The van der Waals surface area contributed by atoms with Crippen LogP contribution in [-0.2, 0) is 13.1 Å². The third-order valence-corrected chi connectivity index (χ3v) is 5.78. The average Bonchev–Trinajstić information content (AvgIpc) is 3.42. The maximum atomic E-state index is 13.2. The van der Waals surface area contributed by atoms with Gasteiger partial charge in [-0.25, -0.2) is 9.37 Å². The average molecular weight is 436 g/mol. The highest BCUT2D eigenvalue weighted by atomic mass is 19.1. The first kappa shape index (κ1) is 21.5. The van der Waals surface area contributed by atoms with Crippen LogP contribution in [-0.4, -0.2) is 43.2 Å². The van der Waals surface area contributed by atoms with Gasteiger partial charge in [0.15, 0.2) is 5.82 Å². The van der Waals surface area contributed by atoms with Gasteiger partial charge in [-0.15, -0.1) is 0 Å². The van der Waals surface area contributed by atoms with E-state index < -0.39 is 5.91 Å². The zero-order valence-electron chi connectivity index (χ0n) is 17.8. The Morgan fingerprint density at radius 3 is 2.84 bits per heavy atom. The van der Waals surface area contributed by atoms with E-state index in [0.717, 1.165) is 18.9 Å². The lowest BCUT2D eigenvalue weighted by molar-refractivity contribution is 0.1000. The Morgan fingerprint density at radius 1 is 1.38 bits per heavy atom. The van der Waals surface area contributed by atoms with Gasteiger partial charge in [0.1, 0.15) is 17.2 Å². The molecule has 1 aromatic carbocycles. The topological polar surface area (TPSA) is 118 Å². The fourth-order valence-corrected chi connectivity index (χ4v) is 4.08. The minimum absolute atomic E-state index is 0.191. The van der Waals surface area contributed by atoms with E-state index in [1.165, 1.54) is 12.1 Å². The molecule has 1 aliphatic heterocycles. The molecule has 3 heterocycles. The predicted octanol–water partition coefficient (Wildman–Crippen LogP) is 2.67. The molecule has 9 nitrogen and oxygen atoms in total. The lowest BCUT2D eigenvalue weighted by Crippen LogP contribution is -2.41. The molecule has 0 radical (unpaired) electrons. The lowest BCUT2D eigenvalue weighted by Gasteiger charge is -2.35. The number of anilines is 2. The van der Waals surface area contributed by atoms with E-state index >= 15 is 0 Å². The van der Waals surface area contributed by atoms with Crippen LogP contribution in [0.25, 0.3) is 0 Å². The van der Waals surface area contributed by atoms with Crippen molar-refractivity contribution in [2.24, 2.45) is 11.7 Å². The zero-order chi connectivity index (χ0) is 22.7. The van der Waals surface area contributed by atoms with Crippen molar-refractivity contribution < 1.29 is 9.18 Å². The summed E-state index contributed by atoms with van der Waals surface area (Å²) in [5.74, 6) is -0.0377. The molecule has 1 aliphatic rings. The smallest absolute Gasteiger partial charge is 0.254 e. The molecule has 0 bridgehead atoms. The van der Waals surface area contributed by atoms with Crippen molar-refractivity contribution in [3.8, 4) is 6.07 Å². The van der Waals surface area contributed by atoms with Crippen LogP contribution >= 0.6 is 0 Å². The van der Waals surface area contributed by atoms with Crippen LogP contribution in [0.4, 0.5) is 15.9 Å². The molecular weight excluding hydrogens is 411 g/mol. The van der Waals surface area contributed by atoms with E-state index in [2.05, 4.69) is 37.9 Å². The molecule has 0 saturated carbocycles. The van der Waals surface area contributed by atoms with Gasteiger partial charge in [0.2, 0.25) is 0 Å². The lowest BCUT2D eigenvalue weighted by atomic mass is 9.93. The summed E-state index contributed by atoms with van der Waals surface area (Å²) >= 11 is 0. The number of piperidine rings is 1. The fourth-order valence-electron chi connectivity index (χ4n) is 4.08. The number of aryl methyl sites for hydroxylation is 1. The molecule has 10 heteroatoms. The predicted molar refractivity (Wildman–Crippen MR) is 116 cm³/mol. The number of aromatic nitrogens is 4. The number of primary amides is 1. The maximum absolute atomic E-state index is 13.2. The normalized spacial score (nSPS) is 18.9. The van der Waals surface area contributed by atoms with E-state index in [1.54, 1.807) is 29.2 Å². The number of amides is 1. The molecule has 1 amide bonds. The van der Waals surface area contributed by atoms with Crippen LogP contribution < -0.4 is 11.1 Å². The van der Waals surface area contributed by atoms with Gasteiger partial charge < -0.3 is 15.6 Å². The first-order valence-electron chi connectivity index (χ1n) is 10.5. The van der Waals surface area contributed by atoms with E-state index in [4.69, 9.17) is 5.73 Å². The molecule has 2 aromatic heterocycles. The molecular formula is C22H25FN8O. The zero-order valence-corrected chi connectivity index (χ0v) is 17.8. The number of carbonyl (C=O) groups is 1. The molecule has 4 rings (SSSR count). The Morgan fingerprint density at radius 2 is 2.16 bits per heavy atom. The molecule has 1 saturated heterocycles. The highest BCUT2D eigenvalue weighted by molar-refractivity contribution is 5.98. The highest BCUT2D eigenvalue weighted by Crippen LogP contribution is 2.30. The number of nitriles is 1. The number of carbonyl (C=O) groups excluding carboxylic acids is 1. The standard InChI is InChI=1S/C22H25FN8O/c1-2-30-10-8-26-20(30)14-29-9-7-19(15(11-24)12-29)31-13-18(21(25)32)22(28-31)27-17-5-3-16(23)4-6-17/h3-6,8,10,13,15,19H,2,7,9,12,14H2,1H3,(H2,25,32)(H,27,28)/t15-,19-/m0/s1. The van der Waals surface area contributed by atoms with Crippen LogP contribution in [0.5, 0.6) is 0 Å². The Hall–Kier alpha value is -3.71. The maximum Gasteiger partial charge on any atom is 0.254 e. The van der Waals surface area contributed by atoms with Crippen molar-refractivity contribution in [2.45, 2.75) is 32.5 Å². The highest BCUT2D eigenvalue weighted by Gasteiger charge is 2.32. The third kappa shape index (κ3) is 4.48. The number of nitrogens with two attached hydrogens (primary N) is 1. The molecule has 3 N–H and O–H groups in total. The number of benzene rings is 1. The quantitative estimate of drug-likeness (QED) is 0.588. The van der Waals surface area contributed by atoms with E-state index in [-0.39, 0.29) is 29.2 Å². The van der Waals surface area contributed by atoms with Crippen molar-refractivity contribution in [3.63, 3.8) is 0 Å². The van der Waals surface area contributed by atoms with Gasteiger partial charge in [-0.05, 0) is 37.6 Å². The summed E-state index contributed by atoms with van der Waals surface area (Å²) in [6.45, 7) is 4.94. The second-order valence-corrected chi connectivity index (χ2v) is 7.82. The number of rotatable bonds is 7. The number of hydrogen-bond acceptors (Lipinski definition) is 6. The summed E-state index contributed by atoms with van der Waals surface area (Å²) in [5, 5.41) is 17.4. The van der Waals surface area contributed by atoms with E-state index in [1.807, 2.05) is 6.20 Å². The van der Waals surface area contributed by atoms with Gasteiger partial charge in [0.25, 0.3) is 5.91 Å². The summed E-state index contributed by atoms with van der Waals surface area (Å²) in [7, 11) is 0. The monoisotopic (exact) mass is 436 g/mol. The summed E-state index contributed by atoms with van der Waals surface area (Å²) in [6, 6.07) is 7.94. The van der Waals surface area contributed by atoms with Crippen LogP contribution in [0.3, 0.4) is 0 Å². The Labute approximate surface area is 185 Å². The van der Waals surface area contributed by atoms with Gasteiger partial charge in [-0.3, -0.25) is 14.4 Å². The SMILES string of the molecule is CCn1ccnc1CN1CC[C@H](n2cc(C(N)=O)c(Nc3ccc(F)cc3)n2)[C@@H](C#N)C1. The Balaban J connectivity index is 1.52. The summed E-state index contributed by atoms with van der Waals surface area (Å²) < 4.78 is 16.9. The fraction of sp³-hybridized carbons (Fsp3) is 0.364. The van der Waals surface area contributed by atoms with Crippen molar-refractivity contribution in [1.82, 2.24) is 24.2 Å². The van der Waals surface area contributed by atoms with Crippen LogP contribution in [0.15, 0.2) is 42.9 Å². The van der Waals surface area contributed by atoms with Gasteiger partial charge >= 0.3 is 0 Å². The molecule has 2 atom stereocenters. The third-order valence-electron chi connectivity index (χ3n) is 5.78. The molecule has 0 aliphatic carbocycles. The second-order valence-electron chi connectivity index (χ2n) is 7.82. The summed E-state index contributed by atoms with van der Waals surface area (Å²) in [4.78, 5) is 18.6. The Kier molecular flexibility index (Phi) is 6.18. The summed E-state index contributed by atoms with van der Waals surface area (Å²) in [6.07, 6.45) is 6.02. The van der Waals surface area contributed by atoms with Gasteiger partial charge in [-0.2, -0.15) is 10.4 Å². The number of nitrogens with zero attached hydrogens (tertiary/aromatic N) is 6. The van der Waals surface area contributed by atoms with Crippen LogP contribution in [0.1, 0.15) is 35.6 Å².